The van der Waals surface area contributed by atoms with Gasteiger partial charge in [-0.05, 0) is 24.6 Å². The van der Waals surface area contributed by atoms with E-state index in [4.69, 9.17) is 16.3 Å². The Morgan fingerprint density at radius 1 is 1.12 bits per heavy atom. The second-order valence-electron chi connectivity index (χ2n) is 6.20. The van der Waals surface area contributed by atoms with Gasteiger partial charge in [-0.25, -0.2) is 0 Å². The zero-order chi connectivity index (χ0) is 18.4. The highest BCUT2D eigenvalue weighted by molar-refractivity contribution is 6.33. The second kappa shape index (κ2) is 8.78. The Balaban J connectivity index is 1.41. The minimum atomic E-state index is -0.271. The van der Waals surface area contributed by atoms with E-state index >= 15 is 0 Å². The molecule has 1 aliphatic rings. The molecule has 0 bridgehead atoms. The number of carbonyl (C=O) groups excluding carboxylic acids is 2. The van der Waals surface area contributed by atoms with E-state index in [9.17, 15) is 9.59 Å². The van der Waals surface area contributed by atoms with Gasteiger partial charge in [0, 0.05) is 37.0 Å². The van der Waals surface area contributed by atoms with Crippen LogP contribution in [-0.2, 0) is 4.74 Å². The fraction of sp³-hybridized carbons (Fsp3) is 0.316. The molecule has 0 radical (unpaired) electrons. The molecule has 2 atom stereocenters. The number of rotatable bonds is 6. The number of hydrogen-bond donors (Lipinski definition) is 2. The first-order chi connectivity index (χ1) is 12.6. The fourth-order valence-electron chi connectivity index (χ4n) is 2.84. The van der Waals surface area contributed by atoms with Crippen molar-refractivity contribution >= 4 is 23.4 Å². The highest BCUT2D eigenvalue weighted by Crippen LogP contribution is 2.19. The first-order valence-corrected chi connectivity index (χ1v) is 8.84. The van der Waals surface area contributed by atoms with Crippen molar-refractivity contribution in [3.05, 3.63) is 64.9 Å². The van der Waals surface area contributed by atoms with Gasteiger partial charge in [0.2, 0.25) is 0 Å². The summed E-state index contributed by atoms with van der Waals surface area (Å²) in [5, 5.41) is 6.11. The largest absolute Gasteiger partial charge is 0.376 e. The molecule has 0 saturated carbocycles. The minimum Gasteiger partial charge on any atom is -0.376 e. The zero-order valence-corrected chi connectivity index (χ0v) is 14.9. The van der Waals surface area contributed by atoms with Gasteiger partial charge in [-0.3, -0.25) is 14.6 Å². The third-order valence-electron chi connectivity index (χ3n) is 4.25. The summed E-state index contributed by atoms with van der Waals surface area (Å²) in [4.78, 5) is 28.1. The third-order valence-corrected chi connectivity index (χ3v) is 4.58. The molecule has 26 heavy (non-hydrogen) atoms. The molecule has 2 heterocycles. The van der Waals surface area contributed by atoms with Crippen LogP contribution in [0.3, 0.4) is 0 Å². The second-order valence-corrected chi connectivity index (χ2v) is 6.61. The number of nitrogens with zero attached hydrogens (tertiary/aromatic N) is 1. The van der Waals surface area contributed by atoms with Crippen LogP contribution < -0.4 is 10.6 Å². The number of hydrogen-bond acceptors (Lipinski definition) is 4. The molecule has 1 aliphatic heterocycles. The normalized spacial score (nSPS) is 19.1. The van der Waals surface area contributed by atoms with E-state index in [0.717, 1.165) is 6.42 Å². The number of amides is 2. The van der Waals surface area contributed by atoms with Crippen LogP contribution >= 0.6 is 11.6 Å². The van der Waals surface area contributed by atoms with Crippen LogP contribution in [0.5, 0.6) is 0 Å². The minimum absolute atomic E-state index is 0.0759. The maximum absolute atomic E-state index is 12.1. The number of pyridine rings is 1. The topological polar surface area (TPSA) is 80.3 Å². The van der Waals surface area contributed by atoms with Crippen molar-refractivity contribution in [2.24, 2.45) is 5.92 Å². The molecular weight excluding hydrogens is 354 g/mol. The lowest BCUT2D eigenvalue weighted by Gasteiger charge is -2.12. The van der Waals surface area contributed by atoms with Crippen LogP contribution in [0.4, 0.5) is 0 Å². The summed E-state index contributed by atoms with van der Waals surface area (Å²) in [6.07, 6.45) is 3.67. The van der Waals surface area contributed by atoms with Crippen LogP contribution in [0.15, 0.2) is 48.8 Å². The molecular formula is C19H20ClN3O3. The van der Waals surface area contributed by atoms with Gasteiger partial charge in [0.05, 0.1) is 23.3 Å². The van der Waals surface area contributed by atoms with Crippen LogP contribution in [0.2, 0.25) is 5.02 Å². The molecule has 2 N–H and O–H groups in total. The van der Waals surface area contributed by atoms with E-state index in [2.05, 4.69) is 15.6 Å². The number of carbonyl (C=O) groups is 2. The first-order valence-electron chi connectivity index (χ1n) is 8.46. The zero-order valence-electron chi connectivity index (χ0n) is 14.2. The quantitative estimate of drug-likeness (QED) is 0.814. The number of aromatic nitrogens is 1. The number of benzene rings is 1. The molecule has 1 saturated heterocycles. The summed E-state index contributed by atoms with van der Waals surface area (Å²) in [6.45, 7) is 1.50. The van der Waals surface area contributed by atoms with Crippen molar-refractivity contribution in [3.8, 4) is 0 Å². The Kier molecular flexibility index (Phi) is 6.20. The van der Waals surface area contributed by atoms with E-state index in [1.165, 1.54) is 12.4 Å². The van der Waals surface area contributed by atoms with Crippen molar-refractivity contribution in [1.82, 2.24) is 15.6 Å². The van der Waals surface area contributed by atoms with Gasteiger partial charge in [-0.1, -0.05) is 29.8 Å². The summed E-state index contributed by atoms with van der Waals surface area (Å²) in [5.74, 6) is -0.132. The van der Waals surface area contributed by atoms with Gasteiger partial charge < -0.3 is 15.4 Å². The van der Waals surface area contributed by atoms with Gasteiger partial charge in [-0.2, -0.15) is 0 Å². The number of ether oxygens (including phenoxy) is 1. The molecule has 2 unspecified atom stereocenters. The molecule has 0 spiro atoms. The molecule has 136 valence electrons. The van der Waals surface area contributed by atoms with Gasteiger partial charge >= 0.3 is 0 Å². The van der Waals surface area contributed by atoms with Crippen LogP contribution in [0.25, 0.3) is 0 Å². The molecule has 7 heteroatoms. The Bertz CT molecular complexity index is 770. The monoisotopic (exact) mass is 373 g/mol. The van der Waals surface area contributed by atoms with E-state index in [-0.39, 0.29) is 23.8 Å². The van der Waals surface area contributed by atoms with Crippen molar-refractivity contribution < 1.29 is 14.3 Å². The van der Waals surface area contributed by atoms with Crippen molar-refractivity contribution in [1.29, 1.82) is 0 Å². The molecule has 2 amide bonds. The molecule has 1 aromatic heterocycles. The summed E-state index contributed by atoms with van der Waals surface area (Å²) >= 11 is 5.99. The van der Waals surface area contributed by atoms with Crippen LogP contribution in [-0.4, -0.2) is 42.6 Å². The molecule has 0 aliphatic carbocycles. The summed E-state index contributed by atoms with van der Waals surface area (Å²) in [5.41, 5.74) is 0.988. The maximum atomic E-state index is 12.1. The third kappa shape index (κ3) is 4.80. The fourth-order valence-corrected chi connectivity index (χ4v) is 3.03. The van der Waals surface area contributed by atoms with Gasteiger partial charge in [0.25, 0.3) is 11.8 Å². The smallest absolute Gasteiger partial charge is 0.254 e. The van der Waals surface area contributed by atoms with Crippen LogP contribution in [0, 0.1) is 5.92 Å². The van der Waals surface area contributed by atoms with E-state index in [0.29, 0.717) is 35.8 Å². The lowest BCUT2D eigenvalue weighted by Crippen LogP contribution is -2.32. The predicted octanol–water partition coefficient (Wildman–Crippen LogP) is 2.30. The molecule has 3 rings (SSSR count). The average Bonchev–Trinajstić information content (AvgIpc) is 3.13. The summed E-state index contributed by atoms with van der Waals surface area (Å²) in [6, 6.07) is 10.7. The van der Waals surface area contributed by atoms with E-state index in [1.54, 1.807) is 18.2 Å². The molecule has 1 fully saturated rings. The Labute approximate surface area is 156 Å². The lowest BCUT2D eigenvalue weighted by atomic mass is 10.1. The predicted molar refractivity (Wildman–Crippen MR) is 98.2 cm³/mol. The highest BCUT2D eigenvalue weighted by Gasteiger charge is 2.26. The lowest BCUT2D eigenvalue weighted by molar-refractivity contribution is 0.0843. The summed E-state index contributed by atoms with van der Waals surface area (Å²) in [7, 11) is 0. The maximum Gasteiger partial charge on any atom is 0.254 e. The number of halogens is 1. The van der Waals surface area contributed by atoms with E-state index < -0.39 is 0 Å². The average molecular weight is 374 g/mol. The van der Waals surface area contributed by atoms with Crippen molar-refractivity contribution in [2.75, 3.05) is 19.7 Å². The van der Waals surface area contributed by atoms with Gasteiger partial charge in [-0.15, -0.1) is 0 Å². The SMILES string of the molecule is O=C(NCC1COC(CNC(=O)c2cnccc2Cl)C1)c1ccccc1. The van der Waals surface area contributed by atoms with Gasteiger partial charge in [0.1, 0.15) is 0 Å². The molecule has 1 aromatic carbocycles. The molecule has 6 nitrogen and oxygen atoms in total. The summed E-state index contributed by atoms with van der Waals surface area (Å²) < 4.78 is 5.71. The molecule has 2 aromatic rings. The van der Waals surface area contributed by atoms with E-state index in [1.807, 2.05) is 18.2 Å². The van der Waals surface area contributed by atoms with Gasteiger partial charge in [0.15, 0.2) is 0 Å². The standard InChI is InChI=1S/C19H20ClN3O3/c20-17-6-7-21-11-16(17)19(25)23-10-15-8-13(12-26-15)9-22-18(24)14-4-2-1-3-5-14/h1-7,11,13,15H,8-10,12H2,(H,22,24)(H,23,25). The Morgan fingerprint density at radius 2 is 1.88 bits per heavy atom. The Hall–Kier alpha value is -2.44. The van der Waals surface area contributed by atoms with Crippen molar-refractivity contribution in [3.63, 3.8) is 0 Å². The van der Waals surface area contributed by atoms with Crippen molar-refractivity contribution in [2.45, 2.75) is 12.5 Å². The first kappa shape index (κ1) is 18.4. The Morgan fingerprint density at radius 3 is 2.65 bits per heavy atom. The highest BCUT2D eigenvalue weighted by atomic mass is 35.5. The van der Waals surface area contributed by atoms with Crippen LogP contribution in [0.1, 0.15) is 27.1 Å². The number of nitrogens with one attached hydrogen (secondary N) is 2.